The Labute approximate surface area is 115 Å². The number of amides is 1. The summed E-state index contributed by atoms with van der Waals surface area (Å²) in [5, 5.41) is 3.22. The van der Waals surface area contributed by atoms with Crippen LogP contribution in [0, 0.1) is 5.92 Å². The van der Waals surface area contributed by atoms with Gasteiger partial charge in [-0.15, -0.1) is 0 Å². The number of carbonyl (C=O) groups is 1. The molecule has 1 amide bonds. The van der Waals surface area contributed by atoms with Crippen molar-refractivity contribution < 1.29 is 4.79 Å². The molecule has 3 nitrogen and oxygen atoms in total. The largest absolute Gasteiger partial charge is 0.352 e. The number of benzene rings is 1. The van der Waals surface area contributed by atoms with Gasteiger partial charge in [-0.3, -0.25) is 9.69 Å². The Morgan fingerprint density at radius 2 is 2.00 bits per heavy atom. The first kappa shape index (κ1) is 12.7. The van der Waals surface area contributed by atoms with Gasteiger partial charge in [0.2, 0.25) is 5.91 Å². The van der Waals surface area contributed by atoms with Crippen molar-refractivity contribution in [2.75, 3.05) is 13.1 Å². The Morgan fingerprint density at radius 1 is 1.21 bits per heavy atom. The molecule has 3 rings (SSSR count). The monoisotopic (exact) mass is 258 g/mol. The standard InChI is InChI=1S/C16H22N2O/c19-16(14-7-4-8-14)17-15-9-10-18(12-15)11-13-5-2-1-3-6-13/h1-3,5-6,14-15H,4,7-12H2,(H,17,19). The van der Waals surface area contributed by atoms with E-state index in [1.165, 1.54) is 12.0 Å². The molecule has 0 aromatic heterocycles. The molecule has 1 aromatic rings. The first-order chi connectivity index (χ1) is 9.31. The van der Waals surface area contributed by atoms with E-state index in [1.807, 2.05) is 0 Å². The molecule has 102 valence electrons. The molecule has 1 atom stereocenters. The highest BCUT2D eigenvalue weighted by molar-refractivity contribution is 5.79. The zero-order valence-corrected chi connectivity index (χ0v) is 11.3. The van der Waals surface area contributed by atoms with Crippen LogP contribution >= 0.6 is 0 Å². The number of likely N-dealkylation sites (tertiary alicyclic amines) is 1. The molecular formula is C16H22N2O. The maximum atomic E-state index is 11.9. The first-order valence-corrected chi connectivity index (χ1v) is 7.38. The Kier molecular flexibility index (Phi) is 3.83. The number of rotatable bonds is 4. The summed E-state index contributed by atoms with van der Waals surface area (Å²) >= 11 is 0. The summed E-state index contributed by atoms with van der Waals surface area (Å²) in [5.41, 5.74) is 1.36. The molecule has 1 aliphatic carbocycles. The Balaban J connectivity index is 1.46. The number of hydrogen-bond donors (Lipinski definition) is 1. The molecule has 19 heavy (non-hydrogen) atoms. The lowest BCUT2D eigenvalue weighted by Crippen LogP contribution is -2.42. The molecule has 0 spiro atoms. The predicted molar refractivity (Wildman–Crippen MR) is 75.6 cm³/mol. The van der Waals surface area contributed by atoms with Gasteiger partial charge >= 0.3 is 0 Å². The second-order valence-electron chi connectivity index (χ2n) is 5.84. The SMILES string of the molecule is O=C(NC1CCN(Cc2ccccc2)C1)C1CCC1. The summed E-state index contributed by atoms with van der Waals surface area (Å²) in [6, 6.07) is 10.9. The fourth-order valence-electron chi connectivity index (χ4n) is 2.93. The molecule has 0 radical (unpaired) electrons. The van der Waals surface area contributed by atoms with E-state index in [0.717, 1.165) is 38.9 Å². The Bertz CT molecular complexity index is 428. The topological polar surface area (TPSA) is 32.3 Å². The van der Waals surface area contributed by atoms with Gasteiger partial charge in [0, 0.05) is 31.6 Å². The van der Waals surface area contributed by atoms with Crippen LogP contribution in [0.15, 0.2) is 30.3 Å². The number of nitrogens with zero attached hydrogens (tertiary/aromatic N) is 1. The van der Waals surface area contributed by atoms with E-state index < -0.39 is 0 Å². The van der Waals surface area contributed by atoms with E-state index in [-0.39, 0.29) is 5.91 Å². The number of carbonyl (C=O) groups excluding carboxylic acids is 1. The van der Waals surface area contributed by atoms with Crippen molar-refractivity contribution in [1.29, 1.82) is 0 Å². The molecule has 1 saturated heterocycles. The van der Waals surface area contributed by atoms with Crippen LogP contribution in [0.5, 0.6) is 0 Å². The average molecular weight is 258 g/mol. The highest BCUT2D eigenvalue weighted by Crippen LogP contribution is 2.26. The molecule has 1 aromatic carbocycles. The molecule has 1 aliphatic heterocycles. The minimum absolute atomic E-state index is 0.290. The van der Waals surface area contributed by atoms with Gasteiger partial charge in [0.05, 0.1) is 0 Å². The van der Waals surface area contributed by atoms with Gasteiger partial charge in [-0.05, 0) is 24.8 Å². The number of hydrogen-bond acceptors (Lipinski definition) is 2. The lowest BCUT2D eigenvalue weighted by Gasteiger charge is -2.26. The maximum Gasteiger partial charge on any atom is 0.223 e. The summed E-state index contributed by atoms with van der Waals surface area (Å²) in [7, 11) is 0. The van der Waals surface area contributed by atoms with Crippen LogP contribution in [-0.4, -0.2) is 29.9 Å². The fraction of sp³-hybridized carbons (Fsp3) is 0.562. The zero-order chi connectivity index (χ0) is 13.1. The van der Waals surface area contributed by atoms with Gasteiger partial charge in [0.1, 0.15) is 0 Å². The normalized spacial score (nSPS) is 24.1. The van der Waals surface area contributed by atoms with Crippen molar-refractivity contribution in [1.82, 2.24) is 10.2 Å². The third-order valence-corrected chi connectivity index (χ3v) is 4.34. The van der Waals surface area contributed by atoms with Crippen molar-refractivity contribution in [3.63, 3.8) is 0 Å². The smallest absolute Gasteiger partial charge is 0.223 e. The molecule has 1 unspecified atom stereocenters. The molecular weight excluding hydrogens is 236 g/mol. The fourth-order valence-corrected chi connectivity index (χ4v) is 2.93. The summed E-state index contributed by atoms with van der Waals surface area (Å²) in [6.45, 7) is 3.08. The van der Waals surface area contributed by atoms with Crippen LogP contribution in [0.3, 0.4) is 0 Å². The van der Waals surface area contributed by atoms with Crippen LogP contribution in [-0.2, 0) is 11.3 Å². The first-order valence-electron chi connectivity index (χ1n) is 7.38. The second kappa shape index (κ2) is 5.74. The van der Waals surface area contributed by atoms with E-state index in [2.05, 4.69) is 40.5 Å². The van der Waals surface area contributed by atoms with Crippen LogP contribution in [0.4, 0.5) is 0 Å². The molecule has 3 heteroatoms. The average Bonchev–Trinajstić information content (AvgIpc) is 2.75. The summed E-state index contributed by atoms with van der Waals surface area (Å²) in [6.07, 6.45) is 4.49. The molecule has 0 bridgehead atoms. The summed E-state index contributed by atoms with van der Waals surface area (Å²) < 4.78 is 0. The third-order valence-electron chi connectivity index (χ3n) is 4.34. The van der Waals surface area contributed by atoms with E-state index in [1.54, 1.807) is 0 Å². The summed E-state index contributed by atoms with van der Waals surface area (Å²) in [5.74, 6) is 0.598. The third kappa shape index (κ3) is 3.16. The van der Waals surface area contributed by atoms with E-state index >= 15 is 0 Å². The highest BCUT2D eigenvalue weighted by Gasteiger charge is 2.29. The van der Waals surface area contributed by atoms with Crippen LogP contribution in [0.25, 0.3) is 0 Å². The van der Waals surface area contributed by atoms with Crippen molar-refractivity contribution in [2.45, 2.75) is 38.3 Å². The van der Waals surface area contributed by atoms with Gasteiger partial charge in [0.25, 0.3) is 0 Å². The van der Waals surface area contributed by atoms with Crippen LogP contribution < -0.4 is 5.32 Å². The predicted octanol–water partition coefficient (Wildman–Crippen LogP) is 2.18. The van der Waals surface area contributed by atoms with E-state index in [4.69, 9.17) is 0 Å². The molecule has 1 N–H and O–H groups in total. The molecule has 2 aliphatic rings. The van der Waals surface area contributed by atoms with Crippen molar-refractivity contribution in [3.05, 3.63) is 35.9 Å². The van der Waals surface area contributed by atoms with Gasteiger partial charge < -0.3 is 5.32 Å². The van der Waals surface area contributed by atoms with Gasteiger partial charge in [-0.25, -0.2) is 0 Å². The minimum atomic E-state index is 0.290. The van der Waals surface area contributed by atoms with E-state index in [0.29, 0.717) is 12.0 Å². The molecule has 1 heterocycles. The van der Waals surface area contributed by atoms with Gasteiger partial charge in [0.15, 0.2) is 0 Å². The van der Waals surface area contributed by atoms with Gasteiger partial charge in [-0.2, -0.15) is 0 Å². The molecule has 2 fully saturated rings. The quantitative estimate of drug-likeness (QED) is 0.897. The lowest BCUT2D eigenvalue weighted by atomic mass is 9.84. The number of nitrogens with one attached hydrogen (secondary N) is 1. The van der Waals surface area contributed by atoms with Crippen LogP contribution in [0.1, 0.15) is 31.2 Å². The maximum absolute atomic E-state index is 11.9. The van der Waals surface area contributed by atoms with Crippen molar-refractivity contribution in [2.24, 2.45) is 5.92 Å². The van der Waals surface area contributed by atoms with E-state index in [9.17, 15) is 4.79 Å². The zero-order valence-electron chi connectivity index (χ0n) is 11.3. The lowest BCUT2D eigenvalue weighted by molar-refractivity contribution is -0.128. The summed E-state index contributed by atoms with van der Waals surface area (Å²) in [4.78, 5) is 14.3. The van der Waals surface area contributed by atoms with Crippen LogP contribution in [0.2, 0.25) is 0 Å². The Hall–Kier alpha value is -1.35. The highest BCUT2D eigenvalue weighted by atomic mass is 16.2. The second-order valence-corrected chi connectivity index (χ2v) is 5.84. The van der Waals surface area contributed by atoms with Gasteiger partial charge in [-0.1, -0.05) is 36.8 Å². The van der Waals surface area contributed by atoms with Crippen molar-refractivity contribution >= 4 is 5.91 Å². The van der Waals surface area contributed by atoms with Crippen molar-refractivity contribution in [3.8, 4) is 0 Å². The Morgan fingerprint density at radius 3 is 2.68 bits per heavy atom. The molecule has 1 saturated carbocycles. The minimum Gasteiger partial charge on any atom is -0.352 e.